The van der Waals surface area contributed by atoms with E-state index in [0.29, 0.717) is 23.6 Å². The lowest BCUT2D eigenvalue weighted by atomic mass is 9.88. The fourth-order valence-corrected chi connectivity index (χ4v) is 4.62. The van der Waals surface area contributed by atoms with Crippen molar-refractivity contribution in [2.24, 2.45) is 11.7 Å². The number of piperidine rings is 1. The zero-order valence-electron chi connectivity index (χ0n) is 20.5. The van der Waals surface area contributed by atoms with Crippen LogP contribution >= 0.6 is 0 Å². The number of methoxy groups -OCH3 is 1. The summed E-state index contributed by atoms with van der Waals surface area (Å²) < 4.78 is 5.13. The minimum absolute atomic E-state index is 0.106. The number of likely N-dealkylation sites (tertiary alicyclic amines) is 1. The van der Waals surface area contributed by atoms with Crippen LogP contribution in [-0.4, -0.2) is 43.3 Å². The molecule has 6 heteroatoms. The minimum atomic E-state index is -0.106. The molecule has 184 valence electrons. The van der Waals surface area contributed by atoms with E-state index in [-0.39, 0.29) is 5.91 Å². The van der Waals surface area contributed by atoms with Crippen molar-refractivity contribution in [3.63, 3.8) is 0 Å². The van der Waals surface area contributed by atoms with Gasteiger partial charge in [0.25, 0.3) is 5.91 Å². The standard InChI is InChI=1S/C21H26N2O2.C7H13NO/c1-16(23-13-4-3-5-14-23)18-7-6-8-19(15-18)22-21(24)17-9-11-20(25-2)12-10-17;8-7-3-1-6(5-9)2-4-7/h6-12,15-16H,3-5,13-14H2,1-2H3,(H,22,24);5-7H,1-4,8H2. The normalized spacial score (nSPS) is 21.5. The summed E-state index contributed by atoms with van der Waals surface area (Å²) in [5.41, 5.74) is 8.34. The highest BCUT2D eigenvalue weighted by molar-refractivity contribution is 6.04. The first kappa shape index (κ1) is 25.9. The Hall–Kier alpha value is -2.70. The average Bonchev–Trinajstić information content (AvgIpc) is 2.90. The molecule has 1 aliphatic carbocycles. The van der Waals surface area contributed by atoms with Gasteiger partial charge in [-0.05, 0) is 100 Å². The molecule has 2 fully saturated rings. The molecule has 3 N–H and O–H groups in total. The van der Waals surface area contributed by atoms with Crippen LogP contribution in [0.4, 0.5) is 5.69 Å². The van der Waals surface area contributed by atoms with E-state index in [0.717, 1.165) is 56.5 Å². The van der Waals surface area contributed by atoms with Gasteiger partial charge in [-0.3, -0.25) is 9.69 Å². The van der Waals surface area contributed by atoms with Gasteiger partial charge in [-0.2, -0.15) is 0 Å². The molecule has 2 aliphatic rings. The van der Waals surface area contributed by atoms with Crippen molar-refractivity contribution in [2.75, 3.05) is 25.5 Å². The molecule has 1 saturated carbocycles. The number of rotatable bonds is 6. The van der Waals surface area contributed by atoms with Crippen molar-refractivity contribution in [3.05, 3.63) is 59.7 Å². The summed E-state index contributed by atoms with van der Waals surface area (Å²) in [4.78, 5) is 25.2. The SMILES string of the molecule is COc1ccc(C(=O)Nc2cccc(C(C)N3CCCCC3)c2)cc1.NC1CCC(C=O)CC1. The van der Waals surface area contributed by atoms with E-state index in [1.165, 1.54) is 24.8 Å². The maximum absolute atomic E-state index is 12.4. The van der Waals surface area contributed by atoms with Gasteiger partial charge in [0.2, 0.25) is 0 Å². The number of ether oxygens (including phenoxy) is 1. The summed E-state index contributed by atoms with van der Waals surface area (Å²) in [6.45, 7) is 4.56. The fourth-order valence-electron chi connectivity index (χ4n) is 4.62. The Kier molecular flexibility index (Phi) is 10.1. The Bertz CT molecular complexity index is 901. The smallest absolute Gasteiger partial charge is 0.255 e. The maximum Gasteiger partial charge on any atom is 0.255 e. The highest BCUT2D eigenvalue weighted by atomic mass is 16.5. The lowest BCUT2D eigenvalue weighted by Gasteiger charge is -2.32. The molecule has 1 heterocycles. The van der Waals surface area contributed by atoms with Crippen LogP contribution in [0.5, 0.6) is 5.75 Å². The number of nitrogens with one attached hydrogen (secondary N) is 1. The lowest BCUT2D eigenvalue weighted by Crippen LogP contribution is -2.32. The van der Waals surface area contributed by atoms with Gasteiger partial charge in [0, 0.05) is 29.3 Å². The highest BCUT2D eigenvalue weighted by Gasteiger charge is 2.19. The van der Waals surface area contributed by atoms with Crippen molar-refractivity contribution in [1.29, 1.82) is 0 Å². The van der Waals surface area contributed by atoms with E-state index >= 15 is 0 Å². The second-order valence-corrected chi connectivity index (χ2v) is 9.39. The van der Waals surface area contributed by atoms with Gasteiger partial charge in [0.1, 0.15) is 12.0 Å². The molecule has 6 nitrogen and oxygen atoms in total. The molecule has 1 atom stereocenters. The monoisotopic (exact) mass is 465 g/mol. The Labute approximate surface area is 203 Å². The van der Waals surface area contributed by atoms with Crippen LogP contribution < -0.4 is 15.8 Å². The van der Waals surface area contributed by atoms with Crippen molar-refractivity contribution in [1.82, 2.24) is 4.90 Å². The summed E-state index contributed by atoms with van der Waals surface area (Å²) in [7, 11) is 1.62. The maximum atomic E-state index is 12.4. The molecule has 0 bridgehead atoms. The number of hydrogen-bond donors (Lipinski definition) is 2. The first-order chi connectivity index (χ1) is 16.5. The van der Waals surface area contributed by atoms with E-state index in [1.54, 1.807) is 31.4 Å². The van der Waals surface area contributed by atoms with E-state index in [4.69, 9.17) is 10.5 Å². The topological polar surface area (TPSA) is 84.7 Å². The number of hydrogen-bond acceptors (Lipinski definition) is 5. The van der Waals surface area contributed by atoms with E-state index in [2.05, 4.69) is 29.3 Å². The quantitative estimate of drug-likeness (QED) is 0.573. The molecular formula is C28H39N3O3. The van der Waals surface area contributed by atoms with Crippen LogP contribution in [0, 0.1) is 5.92 Å². The fraction of sp³-hybridized carbons (Fsp3) is 0.500. The number of carbonyl (C=O) groups excluding carboxylic acids is 2. The lowest BCUT2D eigenvalue weighted by molar-refractivity contribution is -0.111. The zero-order valence-corrected chi connectivity index (χ0v) is 20.5. The molecule has 0 spiro atoms. The molecule has 4 rings (SSSR count). The van der Waals surface area contributed by atoms with Crippen LogP contribution in [0.2, 0.25) is 0 Å². The first-order valence-corrected chi connectivity index (χ1v) is 12.5. The molecule has 34 heavy (non-hydrogen) atoms. The number of carbonyl (C=O) groups is 2. The molecule has 0 radical (unpaired) electrons. The second kappa shape index (κ2) is 13.3. The van der Waals surface area contributed by atoms with Crippen LogP contribution in [0.1, 0.15) is 73.8 Å². The van der Waals surface area contributed by atoms with Gasteiger partial charge >= 0.3 is 0 Å². The number of anilines is 1. The van der Waals surface area contributed by atoms with Crippen LogP contribution in [-0.2, 0) is 4.79 Å². The molecule has 0 aromatic heterocycles. The Morgan fingerprint density at radius 1 is 1.06 bits per heavy atom. The zero-order chi connectivity index (χ0) is 24.3. The van der Waals surface area contributed by atoms with Gasteiger partial charge < -0.3 is 20.6 Å². The third-order valence-electron chi connectivity index (χ3n) is 6.93. The predicted octanol–water partition coefficient (Wildman–Crippen LogP) is 5.20. The molecule has 1 saturated heterocycles. The van der Waals surface area contributed by atoms with Gasteiger partial charge in [-0.1, -0.05) is 18.6 Å². The van der Waals surface area contributed by atoms with Crippen molar-refractivity contribution < 1.29 is 14.3 Å². The van der Waals surface area contributed by atoms with Crippen LogP contribution in [0.25, 0.3) is 0 Å². The van der Waals surface area contributed by atoms with E-state index in [9.17, 15) is 9.59 Å². The number of nitrogens with zero attached hydrogens (tertiary/aromatic N) is 1. The predicted molar refractivity (Wildman–Crippen MR) is 137 cm³/mol. The third kappa shape index (κ3) is 7.67. The summed E-state index contributed by atoms with van der Waals surface area (Å²) in [6, 6.07) is 16.0. The second-order valence-electron chi connectivity index (χ2n) is 9.39. The van der Waals surface area contributed by atoms with Crippen molar-refractivity contribution in [3.8, 4) is 5.75 Å². The molecule has 1 aliphatic heterocycles. The van der Waals surface area contributed by atoms with Gasteiger partial charge in [-0.15, -0.1) is 0 Å². The number of amides is 1. The summed E-state index contributed by atoms with van der Waals surface area (Å²) in [6.07, 6.45) is 9.02. The van der Waals surface area contributed by atoms with Crippen molar-refractivity contribution >= 4 is 17.9 Å². The molecule has 1 amide bonds. The van der Waals surface area contributed by atoms with Gasteiger partial charge in [-0.25, -0.2) is 0 Å². The Balaban J connectivity index is 0.000000302. The van der Waals surface area contributed by atoms with E-state index < -0.39 is 0 Å². The van der Waals surface area contributed by atoms with Gasteiger partial charge in [0.05, 0.1) is 7.11 Å². The third-order valence-corrected chi connectivity index (χ3v) is 6.93. The summed E-state index contributed by atoms with van der Waals surface area (Å²) in [5.74, 6) is 0.948. The number of aldehydes is 1. The molecule has 1 unspecified atom stereocenters. The first-order valence-electron chi connectivity index (χ1n) is 12.5. The van der Waals surface area contributed by atoms with Crippen molar-refractivity contribution in [2.45, 2.75) is 64.0 Å². The molecular weight excluding hydrogens is 426 g/mol. The summed E-state index contributed by atoms with van der Waals surface area (Å²) in [5, 5.41) is 3.00. The minimum Gasteiger partial charge on any atom is -0.497 e. The molecule has 2 aromatic carbocycles. The van der Waals surface area contributed by atoms with E-state index in [1.807, 2.05) is 12.1 Å². The Morgan fingerprint density at radius 3 is 2.35 bits per heavy atom. The van der Waals surface area contributed by atoms with Gasteiger partial charge in [0.15, 0.2) is 0 Å². The number of benzene rings is 2. The Morgan fingerprint density at radius 2 is 1.74 bits per heavy atom. The molecule has 2 aromatic rings. The van der Waals surface area contributed by atoms with Crippen LogP contribution in [0.15, 0.2) is 48.5 Å². The highest BCUT2D eigenvalue weighted by Crippen LogP contribution is 2.26. The average molecular weight is 466 g/mol. The summed E-state index contributed by atoms with van der Waals surface area (Å²) >= 11 is 0. The van der Waals surface area contributed by atoms with Crippen LogP contribution in [0.3, 0.4) is 0 Å². The number of nitrogens with two attached hydrogens (primary N) is 1. The largest absolute Gasteiger partial charge is 0.497 e.